The Morgan fingerprint density at radius 3 is 2.78 bits per heavy atom. The number of nitrogens with zero attached hydrogens (tertiary/aromatic N) is 2. The molecular formula is C15H25N5O3. The van der Waals surface area contributed by atoms with Crippen molar-refractivity contribution in [1.29, 1.82) is 5.41 Å². The fourth-order valence-corrected chi connectivity index (χ4v) is 2.65. The first-order valence-electron chi connectivity index (χ1n) is 7.69. The second-order valence-corrected chi connectivity index (χ2v) is 5.65. The summed E-state index contributed by atoms with van der Waals surface area (Å²) in [6.07, 6.45) is 1.27. The topological polar surface area (TPSA) is 115 Å². The van der Waals surface area contributed by atoms with Crippen molar-refractivity contribution in [2.24, 2.45) is 4.99 Å². The Labute approximate surface area is 136 Å². The Balaban J connectivity index is 2.63. The summed E-state index contributed by atoms with van der Waals surface area (Å²) in [7, 11) is 0. The van der Waals surface area contributed by atoms with Gasteiger partial charge in [0.1, 0.15) is 5.78 Å². The molecule has 23 heavy (non-hydrogen) atoms. The van der Waals surface area contributed by atoms with Gasteiger partial charge in [-0.1, -0.05) is 0 Å². The summed E-state index contributed by atoms with van der Waals surface area (Å²) in [4.78, 5) is 40.7. The molecule has 1 amide bonds. The van der Waals surface area contributed by atoms with Gasteiger partial charge in [0.05, 0.1) is 12.1 Å². The van der Waals surface area contributed by atoms with Crippen LogP contribution >= 0.6 is 0 Å². The van der Waals surface area contributed by atoms with Crippen molar-refractivity contribution in [3.63, 3.8) is 0 Å². The molecule has 1 rings (SSSR count). The Hall–Kier alpha value is -2.09. The second-order valence-electron chi connectivity index (χ2n) is 5.65. The zero-order valence-electron chi connectivity index (χ0n) is 13.7. The fourth-order valence-electron chi connectivity index (χ4n) is 2.65. The summed E-state index contributed by atoms with van der Waals surface area (Å²) in [6.45, 7) is 7.67. The van der Waals surface area contributed by atoms with Crippen LogP contribution in [0.2, 0.25) is 0 Å². The SMILES string of the molecule is C=NC(=N)NCCC[C@@H](C(C)=O)N1CCN[C@@H](CC(C)=O)C1=O. The Morgan fingerprint density at radius 2 is 2.22 bits per heavy atom. The molecule has 2 atom stereocenters. The molecule has 0 spiro atoms. The lowest BCUT2D eigenvalue weighted by Gasteiger charge is -2.37. The highest BCUT2D eigenvalue weighted by molar-refractivity contribution is 5.92. The molecular weight excluding hydrogens is 298 g/mol. The molecule has 1 aliphatic rings. The van der Waals surface area contributed by atoms with Gasteiger partial charge in [-0.2, -0.15) is 0 Å². The summed E-state index contributed by atoms with van der Waals surface area (Å²) in [5.41, 5.74) is 0. The molecule has 0 aromatic rings. The first kappa shape index (κ1) is 19.0. The van der Waals surface area contributed by atoms with Gasteiger partial charge in [-0.3, -0.25) is 19.8 Å². The molecule has 8 heteroatoms. The highest BCUT2D eigenvalue weighted by Crippen LogP contribution is 2.14. The average Bonchev–Trinajstić information content (AvgIpc) is 2.49. The minimum Gasteiger partial charge on any atom is -0.355 e. The van der Waals surface area contributed by atoms with Gasteiger partial charge in [0.25, 0.3) is 0 Å². The summed E-state index contributed by atoms with van der Waals surface area (Å²) in [6, 6.07) is -1.04. The van der Waals surface area contributed by atoms with E-state index in [0.29, 0.717) is 32.5 Å². The smallest absolute Gasteiger partial charge is 0.240 e. The van der Waals surface area contributed by atoms with Gasteiger partial charge in [-0.25, -0.2) is 4.99 Å². The molecule has 1 aliphatic heterocycles. The number of hydrogen-bond donors (Lipinski definition) is 3. The lowest BCUT2D eigenvalue weighted by atomic mass is 10.0. The van der Waals surface area contributed by atoms with Crippen LogP contribution in [-0.2, 0) is 14.4 Å². The van der Waals surface area contributed by atoms with Crippen LogP contribution in [-0.4, -0.2) is 66.8 Å². The van der Waals surface area contributed by atoms with Gasteiger partial charge in [0, 0.05) is 26.1 Å². The minimum absolute atomic E-state index is 0.0100. The largest absolute Gasteiger partial charge is 0.355 e. The molecule has 0 aliphatic carbocycles. The molecule has 3 N–H and O–H groups in total. The Morgan fingerprint density at radius 1 is 1.52 bits per heavy atom. The predicted octanol–water partition coefficient (Wildman–Crippen LogP) is -0.271. The van der Waals surface area contributed by atoms with Crippen molar-refractivity contribution in [2.45, 2.75) is 45.2 Å². The lowest BCUT2D eigenvalue weighted by molar-refractivity contribution is -0.144. The maximum absolute atomic E-state index is 12.5. The summed E-state index contributed by atoms with van der Waals surface area (Å²) in [5, 5.41) is 13.1. The van der Waals surface area contributed by atoms with Gasteiger partial charge < -0.3 is 15.5 Å². The van der Waals surface area contributed by atoms with Crippen molar-refractivity contribution in [3.05, 3.63) is 0 Å². The molecule has 0 bridgehead atoms. The molecule has 0 unspecified atom stereocenters. The zero-order chi connectivity index (χ0) is 17.4. The number of guanidine groups is 1. The van der Waals surface area contributed by atoms with Gasteiger partial charge in [0.15, 0.2) is 5.78 Å². The van der Waals surface area contributed by atoms with Crippen LogP contribution < -0.4 is 10.6 Å². The van der Waals surface area contributed by atoms with E-state index in [0.717, 1.165) is 0 Å². The Kier molecular flexibility index (Phi) is 7.53. The molecule has 0 radical (unpaired) electrons. The first-order valence-corrected chi connectivity index (χ1v) is 7.69. The van der Waals surface area contributed by atoms with E-state index in [1.807, 2.05) is 0 Å². The van der Waals surface area contributed by atoms with Gasteiger partial charge in [-0.15, -0.1) is 0 Å². The standard InChI is InChI=1S/C15H25N5O3/c1-10(21)9-12-14(23)20(8-7-18-12)13(11(2)22)5-4-6-19-15(16)17-3/h12-13,18H,3-9H2,1-2H3,(H2,16,19)/t12-,13-/m0/s1. The van der Waals surface area contributed by atoms with Crippen LogP contribution in [0.25, 0.3) is 0 Å². The molecule has 0 saturated carbocycles. The normalized spacial score (nSPS) is 19.1. The van der Waals surface area contributed by atoms with Crippen molar-refractivity contribution >= 4 is 30.2 Å². The zero-order valence-corrected chi connectivity index (χ0v) is 13.7. The summed E-state index contributed by atoms with van der Waals surface area (Å²) >= 11 is 0. The first-order chi connectivity index (χ1) is 10.9. The maximum atomic E-state index is 12.5. The van der Waals surface area contributed by atoms with E-state index in [9.17, 15) is 14.4 Å². The fraction of sp³-hybridized carbons (Fsp3) is 0.667. The molecule has 0 aromatic carbocycles. The van der Waals surface area contributed by atoms with Gasteiger partial charge in [-0.05, 0) is 33.4 Å². The van der Waals surface area contributed by atoms with Gasteiger partial charge in [0.2, 0.25) is 11.9 Å². The maximum Gasteiger partial charge on any atom is 0.240 e. The lowest BCUT2D eigenvalue weighted by Crippen LogP contribution is -2.59. The summed E-state index contributed by atoms with van der Waals surface area (Å²) < 4.78 is 0. The van der Waals surface area contributed by atoms with Gasteiger partial charge >= 0.3 is 0 Å². The molecule has 1 fully saturated rings. The van der Waals surface area contributed by atoms with Crippen molar-refractivity contribution in [3.8, 4) is 0 Å². The minimum atomic E-state index is -0.542. The van der Waals surface area contributed by atoms with E-state index in [4.69, 9.17) is 5.41 Å². The van der Waals surface area contributed by atoms with Crippen LogP contribution in [0.15, 0.2) is 4.99 Å². The van der Waals surface area contributed by atoms with E-state index in [1.54, 1.807) is 4.90 Å². The van der Waals surface area contributed by atoms with E-state index in [2.05, 4.69) is 22.3 Å². The number of piperazine rings is 1. The predicted molar refractivity (Wildman–Crippen MR) is 87.8 cm³/mol. The van der Waals surface area contributed by atoms with Crippen LogP contribution in [0.1, 0.15) is 33.1 Å². The van der Waals surface area contributed by atoms with Crippen LogP contribution in [0.3, 0.4) is 0 Å². The number of nitrogens with one attached hydrogen (secondary N) is 3. The van der Waals surface area contributed by atoms with E-state index >= 15 is 0 Å². The van der Waals surface area contributed by atoms with Crippen molar-refractivity contribution in [2.75, 3.05) is 19.6 Å². The highest BCUT2D eigenvalue weighted by Gasteiger charge is 2.34. The van der Waals surface area contributed by atoms with E-state index < -0.39 is 12.1 Å². The Bertz CT molecular complexity index is 492. The summed E-state index contributed by atoms with van der Waals surface area (Å²) in [5.74, 6) is -0.334. The number of aliphatic imine (C=N–C) groups is 1. The third-order valence-corrected chi connectivity index (χ3v) is 3.77. The van der Waals surface area contributed by atoms with Crippen LogP contribution in [0.4, 0.5) is 0 Å². The molecule has 1 heterocycles. The molecule has 128 valence electrons. The number of rotatable bonds is 8. The number of carbonyl (C=O) groups excluding carboxylic acids is 3. The number of hydrogen-bond acceptors (Lipinski definition) is 5. The monoisotopic (exact) mass is 323 g/mol. The average molecular weight is 323 g/mol. The third-order valence-electron chi connectivity index (χ3n) is 3.77. The highest BCUT2D eigenvalue weighted by atomic mass is 16.2. The number of amides is 1. The van der Waals surface area contributed by atoms with Crippen LogP contribution in [0, 0.1) is 5.41 Å². The van der Waals surface area contributed by atoms with Crippen molar-refractivity contribution in [1.82, 2.24) is 15.5 Å². The third kappa shape index (κ3) is 5.90. The molecule has 1 saturated heterocycles. The second kappa shape index (κ2) is 9.14. The van der Waals surface area contributed by atoms with Crippen molar-refractivity contribution < 1.29 is 14.4 Å². The molecule has 8 nitrogen and oxygen atoms in total. The molecule has 0 aromatic heterocycles. The number of carbonyl (C=O) groups is 3. The van der Waals surface area contributed by atoms with E-state index in [1.165, 1.54) is 13.8 Å². The number of ketones is 2. The van der Waals surface area contributed by atoms with Crippen LogP contribution in [0.5, 0.6) is 0 Å². The van der Waals surface area contributed by atoms with E-state index in [-0.39, 0.29) is 29.9 Å². The number of Topliss-reactive ketones (excluding diaryl/α,β-unsaturated/α-hetero) is 2. The quantitative estimate of drug-likeness (QED) is 0.323.